The van der Waals surface area contributed by atoms with Crippen molar-refractivity contribution in [1.29, 1.82) is 0 Å². The maximum absolute atomic E-state index is 13.8. The second-order valence-electron chi connectivity index (χ2n) is 6.70. The Morgan fingerprint density at radius 3 is 2.30 bits per heavy atom. The molecular weight excluding hydrogens is 306 g/mol. The molecule has 1 aliphatic rings. The molecule has 23 heavy (non-hydrogen) atoms. The molecule has 1 unspecified atom stereocenters. The summed E-state index contributed by atoms with van der Waals surface area (Å²) in [6, 6.07) is 0. The van der Waals surface area contributed by atoms with Crippen molar-refractivity contribution < 1.29 is 28.6 Å². The van der Waals surface area contributed by atoms with Gasteiger partial charge >= 0.3 is 5.97 Å². The smallest absolute Gasteiger partial charge is 0.328 e. The lowest BCUT2D eigenvalue weighted by atomic mass is 9.62. The highest BCUT2D eigenvalue weighted by Gasteiger charge is 2.53. The van der Waals surface area contributed by atoms with E-state index in [1.54, 1.807) is 13.8 Å². The Labute approximate surface area is 134 Å². The second-order valence-corrected chi connectivity index (χ2v) is 6.70. The van der Waals surface area contributed by atoms with Gasteiger partial charge in [-0.2, -0.15) is 0 Å². The number of carboxylic acids is 1. The Balaban J connectivity index is 3.50. The van der Waals surface area contributed by atoms with Gasteiger partial charge in [0.1, 0.15) is 5.60 Å². The second kappa shape index (κ2) is 6.00. The van der Waals surface area contributed by atoms with E-state index in [1.165, 1.54) is 26.0 Å². The third-order valence-electron chi connectivity index (χ3n) is 4.24. The average molecular weight is 328 g/mol. The lowest BCUT2D eigenvalue weighted by Crippen LogP contribution is -2.51. The Kier molecular flexibility index (Phi) is 5.01. The zero-order valence-electron chi connectivity index (χ0n) is 13.9. The van der Waals surface area contributed by atoms with Crippen molar-refractivity contribution in [2.45, 2.75) is 52.6 Å². The van der Waals surface area contributed by atoms with Gasteiger partial charge in [0.2, 0.25) is 0 Å². The number of carbonyl (C=O) groups excluding carboxylic acids is 1. The van der Waals surface area contributed by atoms with Crippen LogP contribution in [0.15, 0.2) is 34.9 Å². The van der Waals surface area contributed by atoms with E-state index >= 15 is 0 Å². The van der Waals surface area contributed by atoms with Gasteiger partial charge in [-0.3, -0.25) is 4.79 Å². The van der Waals surface area contributed by atoms with Gasteiger partial charge in [-0.1, -0.05) is 19.9 Å². The van der Waals surface area contributed by atoms with Crippen LogP contribution >= 0.6 is 0 Å². The van der Waals surface area contributed by atoms with Crippen LogP contribution in [-0.2, 0) is 9.59 Å². The number of ketones is 1. The molecule has 0 fully saturated rings. The van der Waals surface area contributed by atoms with Crippen LogP contribution < -0.4 is 0 Å². The first-order valence-corrected chi connectivity index (χ1v) is 7.18. The first-order valence-electron chi connectivity index (χ1n) is 7.18. The molecule has 0 aromatic heterocycles. The normalized spacial score (nSPS) is 26.1. The van der Waals surface area contributed by atoms with Crippen molar-refractivity contribution in [3.8, 4) is 0 Å². The number of rotatable bonds is 4. The van der Waals surface area contributed by atoms with E-state index < -0.39 is 34.3 Å². The number of aliphatic carboxylic acids is 1. The van der Waals surface area contributed by atoms with Gasteiger partial charge in [0.15, 0.2) is 5.78 Å². The number of carbonyl (C=O) groups is 2. The van der Waals surface area contributed by atoms with Crippen LogP contribution in [-0.4, -0.2) is 33.5 Å². The Bertz CT molecular complexity index is 621. The summed E-state index contributed by atoms with van der Waals surface area (Å²) in [6.07, 6.45) is 3.36. The molecule has 0 saturated heterocycles. The van der Waals surface area contributed by atoms with Crippen LogP contribution in [0.3, 0.4) is 0 Å². The van der Waals surface area contributed by atoms with Gasteiger partial charge in [0.25, 0.3) is 5.92 Å². The minimum Gasteiger partial charge on any atom is -0.478 e. The van der Waals surface area contributed by atoms with E-state index in [9.17, 15) is 23.5 Å². The fourth-order valence-corrected chi connectivity index (χ4v) is 2.95. The fraction of sp³-hybridized carbons (Fsp3) is 0.529. The van der Waals surface area contributed by atoms with E-state index in [4.69, 9.17) is 5.11 Å². The zero-order chi connectivity index (χ0) is 18.2. The van der Waals surface area contributed by atoms with Crippen LogP contribution in [0.1, 0.15) is 41.0 Å². The third-order valence-corrected chi connectivity index (χ3v) is 4.24. The highest BCUT2D eigenvalue weighted by molar-refractivity contribution is 5.99. The average Bonchev–Trinajstić information content (AvgIpc) is 2.30. The summed E-state index contributed by atoms with van der Waals surface area (Å²) in [5, 5.41) is 19.7. The molecule has 1 atom stereocenters. The largest absolute Gasteiger partial charge is 0.478 e. The number of aliphatic hydroxyl groups is 1. The van der Waals surface area contributed by atoms with Gasteiger partial charge in [0.05, 0.1) is 5.57 Å². The van der Waals surface area contributed by atoms with E-state index in [0.29, 0.717) is 12.5 Å². The van der Waals surface area contributed by atoms with Gasteiger partial charge in [-0.25, -0.2) is 13.6 Å². The van der Waals surface area contributed by atoms with Gasteiger partial charge in [-0.15, -0.1) is 0 Å². The molecule has 0 aromatic carbocycles. The lowest BCUT2D eigenvalue weighted by molar-refractivity contribution is -0.131. The molecule has 0 radical (unpaired) electrons. The number of allylic oxidation sites excluding steroid dienone is 3. The molecule has 4 nitrogen and oxygen atoms in total. The standard InChI is InChI=1S/C17H22F2O4/c1-10(8-13(21)22)6-7-17(23)11(2)14(16(5,18)19)12(20)9-15(17,3)4/h6-8,23H,9H2,1-5H3,(H,21,22). The summed E-state index contributed by atoms with van der Waals surface area (Å²) in [5.41, 5.74) is -3.21. The summed E-state index contributed by atoms with van der Waals surface area (Å²) in [7, 11) is 0. The molecule has 128 valence electrons. The molecule has 0 spiro atoms. The Hall–Kier alpha value is -1.82. The molecule has 1 rings (SSSR count). The number of hydrogen-bond acceptors (Lipinski definition) is 3. The fourth-order valence-electron chi connectivity index (χ4n) is 2.95. The summed E-state index contributed by atoms with van der Waals surface area (Å²) in [6.45, 7) is 6.68. The van der Waals surface area contributed by atoms with Gasteiger partial charge < -0.3 is 10.2 Å². The topological polar surface area (TPSA) is 74.6 Å². The molecule has 6 heteroatoms. The van der Waals surface area contributed by atoms with Crippen LogP contribution in [0.5, 0.6) is 0 Å². The zero-order valence-corrected chi connectivity index (χ0v) is 13.9. The molecule has 0 aliphatic heterocycles. The highest BCUT2D eigenvalue weighted by Crippen LogP contribution is 2.49. The van der Waals surface area contributed by atoms with E-state index in [2.05, 4.69) is 0 Å². The summed E-state index contributed by atoms with van der Waals surface area (Å²) >= 11 is 0. The molecule has 0 saturated carbocycles. The summed E-state index contributed by atoms with van der Waals surface area (Å²) in [5.74, 6) is -5.19. The summed E-state index contributed by atoms with van der Waals surface area (Å²) < 4.78 is 27.5. The molecule has 0 heterocycles. The Morgan fingerprint density at radius 1 is 1.35 bits per heavy atom. The van der Waals surface area contributed by atoms with Crippen molar-refractivity contribution in [3.63, 3.8) is 0 Å². The predicted octanol–water partition coefficient (Wildman–Crippen LogP) is 3.28. The van der Waals surface area contributed by atoms with E-state index in [0.717, 1.165) is 6.08 Å². The number of alkyl halides is 2. The number of hydrogen-bond donors (Lipinski definition) is 2. The number of Topliss-reactive ketones (excluding diaryl/α,β-unsaturated/α-hetero) is 1. The highest BCUT2D eigenvalue weighted by atomic mass is 19.3. The maximum atomic E-state index is 13.8. The maximum Gasteiger partial charge on any atom is 0.328 e. The SMILES string of the molecule is CC(C=CC1(O)C(C)=C(C(C)(F)F)C(=O)CC1(C)C)=CC(=O)O. The van der Waals surface area contributed by atoms with Crippen LogP contribution in [0, 0.1) is 5.41 Å². The molecule has 0 amide bonds. The van der Waals surface area contributed by atoms with E-state index in [-0.39, 0.29) is 12.0 Å². The third kappa shape index (κ3) is 3.75. The van der Waals surface area contributed by atoms with Crippen LogP contribution in [0.25, 0.3) is 0 Å². The lowest BCUT2D eigenvalue weighted by Gasteiger charge is -2.46. The van der Waals surface area contributed by atoms with Crippen molar-refractivity contribution >= 4 is 11.8 Å². The van der Waals surface area contributed by atoms with E-state index in [1.807, 2.05) is 0 Å². The molecular formula is C17H22F2O4. The van der Waals surface area contributed by atoms with Crippen LogP contribution in [0.4, 0.5) is 8.78 Å². The minimum absolute atomic E-state index is 0.106. The molecule has 0 aromatic rings. The van der Waals surface area contributed by atoms with Crippen LogP contribution in [0.2, 0.25) is 0 Å². The number of carboxylic acid groups (broad SMARTS) is 1. The first kappa shape index (κ1) is 19.2. The monoisotopic (exact) mass is 328 g/mol. The quantitative estimate of drug-likeness (QED) is 0.613. The van der Waals surface area contributed by atoms with Gasteiger partial charge in [0, 0.05) is 24.8 Å². The molecule has 1 aliphatic carbocycles. The van der Waals surface area contributed by atoms with Crippen molar-refractivity contribution in [1.82, 2.24) is 0 Å². The van der Waals surface area contributed by atoms with Gasteiger partial charge in [-0.05, 0) is 31.1 Å². The first-order chi connectivity index (χ1) is 10.2. The molecule has 2 N–H and O–H groups in total. The predicted molar refractivity (Wildman–Crippen MR) is 82.2 cm³/mol. The molecule has 0 bridgehead atoms. The van der Waals surface area contributed by atoms with Crippen molar-refractivity contribution in [2.24, 2.45) is 5.41 Å². The van der Waals surface area contributed by atoms with Crippen molar-refractivity contribution in [3.05, 3.63) is 34.9 Å². The number of halogens is 2. The van der Waals surface area contributed by atoms with Crippen molar-refractivity contribution in [2.75, 3.05) is 0 Å². The Morgan fingerprint density at radius 2 is 1.87 bits per heavy atom. The summed E-state index contributed by atoms with van der Waals surface area (Å²) in [4.78, 5) is 22.7. The minimum atomic E-state index is -3.36.